The van der Waals surface area contributed by atoms with Crippen LogP contribution in [0.25, 0.3) is 0 Å². The Morgan fingerprint density at radius 2 is 2.00 bits per heavy atom. The number of hydrogen-bond acceptors (Lipinski definition) is 3. The second kappa shape index (κ2) is 8.79. The van der Waals surface area contributed by atoms with Gasteiger partial charge >= 0.3 is 80.6 Å². The van der Waals surface area contributed by atoms with Crippen molar-refractivity contribution < 1.29 is 4.74 Å². The number of ether oxygens (including phenoxy) is 1. The number of nitrogens with one attached hydrogen (secondary N) is 1. The summed E-state index contributed by atoms with van der Waals surface area (Å²) in [6, 6.07) is 0. The van der Waals surface area contributed by atoms with Crippen LogP contribution in [0.15, 0.2) is 0 Å². The zero-order valence-corrected chi connectivity index (χ0v) is 10.2. The van der Waals surface area contributed by atoms with Crippen molar-refractivity contribution in [2.75, 3.05) is 33.4 Å². The fourth-order valence-electron chi connectivity index (χ4n) is 0.663. The molecule has 0 aliphatic rings. The normalized spacial score (nSPS) is 10.9. The van der Waals surface area contributed by atoms with E-state index in [9.17, 15) is 0 Å². The summed E-state index contributed by atoms with van der Waals surface area (Å²) in [5.74, 6) is 0. The van der Waals surface area contributed by atoms with Crippen LogP contribution in [-0.4, -0.2) is 58.6 Å². The van der Waals surface area contributed by atoms with Gasteiger partial charge in [-0.15, -0.1) is 0 Å². The molecule has 4 heteroatoms. The maximum atomic E-state index is 4.93. The molecule has 0 rings (SSSR count). The average molecular weight is 268 g/mol. The third-order valence-electron chi connectivity index (χ3n) is 1.36. The number of methoxy groups -OCH3 is 1. The van der Waals surface area contributed by atoms with Crippen LogP contribution >= 0.6 is 0 Å². The molecule has 1 radical (unpaired) electrons. The van der Waals surface area contributed by atoms with E-state index >= 15 is 0 Å². The summed E-state index contributed by atoms with van der Waals surface area (Å²) < 4.78 is 10.9. The number of rotatable bonds is 7. The molecule has 0 saturated carbocycles. The van der Waals surface area contributed by atoms with E-state index in [0.29, 0.717) is 0 Å². The van der Waals surface area contributed by atoms with Gasteiger partial charge in [0.05, 0.1) is 0 Å². The van der Waals surface area contributed by atoms with Crippen LogP contribution in [0.2, 0.25) is 0 Å². The van der Waals surface area contributed by atoms with E-state index in [0.717, 1.165) is 13.2 Å². The summed E-state index contributed by atoms with van der Waals surface area (Å²) in [5.41, 5.74) is 0. The van der Waals surface area contributed by atoms with Crippen molar-refractivity contribution in [1.82, 2.24) is 6.53 Å². The standard InChI is InChI=1S/C4H10N.C3H8NO.Sb/c1-3-5-4-2;1-5-3-2-4;/h3-4H2,1-2H3;4H,2-3H2,1H3;/q2*-1;+2. The Labute approximate surface area is 80.7 Å². The third kappa shape index (κ3) is 7.07. The summed E-state index contributed by atoms with van der Waals surface area (Å²) >= 11 is -0.285. The van der Waals surface area contributed by atoms with Gasteiger partial charge in [0.15, 0.2) is 0 Å². The Morgan fingerprint density at radius 3 is 2.45 bits per heavy atom. The fraction of sp³-hybridized carbons (Fsp3) is 1.00. The molecule has 0 aromatic heterocycles. The fourth-order valence-corrected chi connectivity index (χ4v) is 2.59. The van der Waals surface area contributed by atoms with Crippen LogP contribution in [0.4, 0.5) is 0 Å². The molecule has 0 aliphatic carbocycles. The van der Waals surface area contributed by atoms with Crippen molar-refractivity contribution in [3.8, 4) is 0 Å². The van der Waals surface area contributed by atoms with Crippen LogP contribution in [0.3, 0.4) is 0 Å². The van der Waals surface area contributed by atoms with Crippen LogP contribution in [0, 0.1) is 0 Å². The molecule has 0 fully saturated rings. The first-order valence-electron chi connectivity index (χ1n) is 4.02. The van der Waals surface area contributed by atoms with Gasteiger partial charge in [-0.05, 0) is 0 Å². The Hall–Kier alpha value is 0.698. The Balaban J connectivity index is 3.07. The molecule has 11 heavy (non-hydrogen) atoms. The van der Waals surface area contributed by atoms with Crippen molar-refractivity contribution in [2.24, 2.45) is 0 Å². The molecular weight excluding hydrogens is 250 g/mol. The molecular formula is C7H18N2OSb. The molecule has 0 atom stereocenters. The minimum atomic E-state index is -0.285. The molecule has 0 unspecified atom stereocenters. The van der Waals surface area contributed by atoms with Crippen molar-refractivity contribution >= 4 is 22.2 Å². The van der Waals surface area contributed by atoms with Crippen molar-refractivity contribution in [3.63, 3.8) is 0 Å². The minimum absolute atomic E-state index is 0.285. The van der Waals surface area contributed by atoms with Gasteiger partial charge in [0.1, 0.15) is 0 Å². The van der Waals surface area contributed by atoms with E-state index in [4.69, 9.17) is 4.74 Å². The van der Waals surface area contributed by atoms with E-state index in [1.54, 1.807) is 7.11 Å². The Bertz CT molecular complexity index is 78.8. The second-order valence-electron chi connectivity index (χ2n) is 2.14. The first-order valence-corrected chi connectivity index (χ1v) is 6.44. The molecule has 0 bridgehead atoms. The van der Waals surface area contributed by atoms with E-state index in [1.165, 1.54) is 13.1 Å². The monoisotopic (exact) mass is 267 g/mol. The molecule has 0 heterocycles. The van der Waals surface area contributed by atoms with Gasteiger partial charge in [0.25, 0.3) is 0 Å². The quantitative estimate of drug-likeness (QED) is 0.523. The summed E-state index contributed by atoms with van der Waals surface area (Å²) in [5, 5.41) is 0. The molecule has 1 N–H and O–H groups in total. The third-order valence-corrected chi connectivity index (χ3v) is 4.82. The van der Waals surface area contributed by atoms with Crippen LogP contribution in [0.1, 0.15) is 13.8 Å². The van der Waals surface area contributed by atoms with Gasteiger partial charge in [-0.2, -0.15) is 0 Å². The average Bonchev–Trinajstić information content (AvgIpc) is 2.05. The van der Waals surface area contributed by atoms with E-state index in [-0.39, 0.29) is 22.2 Å². The van der Waals surface area contributed by atoms with Crippen LogP contribution in [0.5, 0.6) is 0 Å². The molecule has 0 aromatic rings. The maximum absolute atomic E-state index is 4.93. The molecule has 0 spiro atoms. The summed E-state index contributed by atoms with van der Waals surface area (Å²) in [6.45, 7) is 8.59. The SMILES string of the molecule is CC[N](CC)[Sb][NH]CCOC. The molecule has 0 aliphatic heterocycles. The number of hydrogen-bond donors (Lipinski definition) is 1. The number of nitrogens with zero attached hydrogens (tertiary/aromatic N) is 1. The van der Waals surface area contributed by atoms with E-state index in [1.807, 2.05) is 0 Å². The Morgan fingerprint density at radius 1 is 1.36 bits per heavy atom. The van der Waals surface area contributed by atoms with Gasteiger partial charge in [0, 0.05) is 0 Å². The molecule has 0 saturated heterocycles. The first-order chi connectivity index (χ1) is 5.35. The summed E-state index contributed by atoms with van der Waals surface area (Å²) in [7, 11) is 1.74. The van der Waals surface area contributed by atoms with Crippen molar-refractivity contribution in [2.45, 2.75) is 13.8 Å². The zero-order chi connectivity index (χ0) is 8.53. The van der Waals surface area contributed by atoms with Crippen LogP contribution < -0.4 is 3.48 Å². The van der Waals surface area contributed by atoms with Crippen LogP contribution in [-0.2, 0) is 4.74 Å². The molecule has 0 aromatic carbocycles. The first kappa shape index (κ1) is 11.7. The molecule has 0 amide bonds. The predicted octanol–water partition coefficient (Wildman–Crippen LogP) is 0.0984. The van der Waals surface area contributed by atoms with Crippen molar-refractivity contribution in [1.29, 1.82) is 0 Å². The van der Waals surface area contributed by atoms with E-state index in [2.05, 4.69) is 20.4 Å². The predicted molar refractivity (Wildman–Crippen MR) is 48.6 cm³/mol. The summed E-state index contributed by atoms with van der Waals surface area (Å²) in [4.78, 5) is 0. The molecule has 67 valence electrons. The van der Waals surface area contributed by atoms with E-state index < -0.39 is 0 Å². The van der Waals surface area contributed by atoms with Gasteiger partial charge in [-0.1, -0.05) is 0 Å². The van der Waals surface area contributed by atoms with Gasteiger partial charge < -0.3 is 0 Å². The topological polar surface area (TPSA) is 24.5 Å². The molecule has 3 nitrogen and oxygen atoms in total. The van der Waals surface area contributed by atoms with Gasteiger partial charge in [0.2, 0.25) is 0 Å². The van der Waals surface area contributed by atoms with Gasteiger partial charge in [-0.3, -0.25) is 0 Å². The zero-order valence-electron chi connectivity index (χ0n) is 7.63. The Kier molecular flexibility index (Phi) is 9.35. The van der Waals surface area contributed by atoms with Crippen molar-refractivity contribution in [3.05, 3.63) is 0 Å². The second-order valence-corrected chi connectivity index (χ2v) is 5.23. The van der Waals surface area contributed by atoms with Gasteiger partial charge in [-0.25, -0.2) is 0 Å². The summed E-state index contributed by atoms with van der Waals surface area (Å²) in [6.07, 6.45) is 0.